The molecule has 7 nitrogen and oxygen atoms in total. The molecule has 1 amide bonds. The molecule has 2 fully saturated rings. The SMILES string of the molecule is CCCC1CCCN(CC(=O)Nc2cc(S(=O)(=O)N3CCOCC3)ccc2Cl)CC1. The highest BCUT2D eigenvalue weighted by Gasteiger charge is 2.27. The predicted molar refractivity (Wildman–Crippen MR) is 118 cm³/mol. The quantitative estimate of drug-likeness (QED) is 0.680. The summed E-state index contributed by atoms with van der Waals surface area (Å²) in [5, 5.41) is 3.13. The van der Waals surface area contributed by atoms with Gasteiger partial charge >= 0.3 is 0 Å². The second-order valence-electron chi connectivity index (χ2n) is 8.07. The summed E-state index contributed by atoms with van der Waals surface area (Å²) in [6, 6.07) is 4.45. The summed E-state index contributed by atoms with van der Waals surface area (Å²) < 4.78 is 32.4. The van der Waals surface area contributed by atoms with E-state index in [0.717, 1.165) is 31.8 Å². The van der Waals surface area contributed by atoms with Crippen molar-refractivity contribution in [2.24, 2.45) is 5.92 Å². The molecule has 1 N–H and O–H groups in total. The first kappa shape index (κ1) is 23.5. The van der Waals surface area contributed by atoms with Crippen LogP contribution in [0.25, 0.3) is 0 Å². The predicted octanol–water partition coefficient (Wildman–Crippen LogP) is 3.20. The van der Waals surface area contributed by atoms with Gasteiger partial charge in [-0.2, -0.15) is 4.31 Å². The third kappa shape index (κ3) is 6.17. The number of sulfonamides is 1. The number of ether oxygens (including phenoxy) is 1. The van der Waals surface area contributed by atoms with E-state index in [-0.39, 0.29) is 17.3 Å². The molecule has 0 aromatic heterocycles. The monoisotopic (exact) mass is 457 g/mol. The summed E-state index contributed by atoms with van der Waals surface area (Å²) in [7, 11) is -3.65. The van der Waals surface area contributed by atoms with Crippen LogP contribution in [0.2, 0.25) is 5.02 Å². The lowest BCUT2D eigenvalue weighted by molar-refractivity contribution is -0.117. The Bertz CT molecular complexity index is 828. The first-order valence-electron chi connectivity index (χ1n) is 10.8. The molecule has 0 radical (unpaired) electrons. The number of likely N-dealkylation sites (tertiary alicyclic amines) is 1. The second kappa shape index (κ2) is 10.9. The summed E-state index contributed by atoms with van der Waals surface area (Å²) in [5.74, 6) is 0.575. The highest BCUT2D eigenvalue weighted by molar-refractivity contribution is 7.89. The standard InChI is InChI=1S/C21H32ClN3O4S/c1-2-4-17-5-3-9-24(10-8-17)16-21(26)23-20-15-18(6-7-19(20)22)30(27,28)25-11-13-29-14-12-25/h6-7,15,17H,2-5,8-14,16H2,1H3,(H,23,26). The third-order valence-corrected chi connectivity index (χ3v) is 8.05. The molecule has 168 valence electrons. The maximum atomic E-state index is 12.9. The number of carbonyl (C=O) groups excluding carboxylic acids is 1. The number of hydrogen-bond acceptors (Lipinski definition) is 5. The molecular formula is C21H32ClN3O4S. The fraction of sp³-hybridized carbons (Fsp3) is 0.667. The average molecular weight is 458 g/mol. The summed E-state index contributed by atoms with van der Waals surface area (Å²) in [6.45, 7) is 5.73. The van der Waals surface area contributed by atoms with Crippen LogP contribution in [-0.4, -0.2) is 69.5 Å². The Hall–Kier alpha value is -1.19. The van der Waals surface area contributed by atoms with Gasteiger partial charge in [-0.05, 0) is 56.5 Å². The van der Waals surface area contributed by atoms with Gasteiger partial charge < -0.3 is 10.1 Å². The Morgan fingerprint density at radius 1 is 1.20 bits per heavy atom. The molecule has 2 aliphatic heterocycles. The molecule has 0 aliphatic carbocycles. The Labute approximate surface area is 184 Å². The molecule has 1 aromatic carbocycles. The highest BCUT2D eigenvalue weighted by Crippen LogP contribution is 2.28. The Balaban J connectivity index is 1.63. The van der Waals surface area contributed by atoms with Crippen LogP contribution in [0.1, 0.15) is 39.0 Å². The van der Waals surface area contributed by atoms with Gasteiger partial charge in [0.25, 0.3) is 0 Å². The fourth-order valence-corrected chi connectivity index (χ4v) is 5.77. The van der Waals surface area contributed by atoms with Crippen LogP contribution < -0.4 is 5.32 Å². The molecule has 0 saturated carbocycles. The second-order valence-corrected chi connectivity index (χ2v) is 10.4. The number of anilines is 1. The van der Waals surface area contributed by atoms with Gasteiger partial charge in [-0.1, -0.05) is 31.4 Å². The molecule has 9 heteroatoms. The summed E-state index contributed by atoms with van der Waals surface area (Å²) >= 11 is 6.24. The topological polar surface area (TPSA) is 79.0 Å². The van der Waals surface area contributed by atoms with Crippen LogP contribution in [0.15, 0.2) is 23.1 Å². The van der Waals surface area contributed by atoms with Gasteiger partial charge in [0, 0.05) is 13.1 Å². The van der Waals surface area contributed by atoms with Crippen LogP contribution in [-0.2, 0) is 19.6 Å². The molecule has 3 rings (SSSR count). The van der Waals surface area contributed by atoms with Gasteiger partial charge in [0.15, 0.2) is 0 Å². The van der Waals surface area contributed by atoms with Crippen molar-refractivity contribution in [3.8, 4) is 0 Å². The van der Waals surface area contributed by atoms with Crippen molar-refractivity contribution >= 4 is 33.2 Å². The lowest BCUT2D eigenvalue weighted by Crippen LogP contribution is -2.40. The number of rotatable bonds is 7. The van der Waals surface area contributed by atoms with E-state index in [4.69, 9.17) is 16.3 Å². The maximum Gasteiger partial charge on any atom is 0.243 e. The van der Waals surface area contributed by atoms with E-state index in [0.29, 0.717) is 37.0 Å². The van der Waals surface area contributed by atoms with Gasteiger partial charge in [0.2, 0.25) is 15.9 Å². The van der Waals surface area contributed by atoms with Crippen molar-refractivity contribution in [3.05, 3.63) is 23.2 Å². The van der Waals surface area contributed by atoms with E-state index in [1.807, 2.05) is 0 Å². The largest absolute Gasteiger partial charge is 0.379 e. The minimum absolute atomic E-state index is 0.126. The number of carbonyl (C=O) groups is 1. The number of nitrogens with zero attached hydrogens (tertiary/aromatic N) is 2. The smallest absolute Gasteiger partial charge is 0.243 e. The zero-order chi connectivity index (χ0) is 21.6. The summed E-state index contributed by atoms with van der Waals surface area (Å²) in [5.41, 5.74) is 0.328. The Morgan fingerprint density at radius 3 is 2.70 bits per heavy atom. The normalized spacial score (nSPS) is 21.9. The van der Waals surface area contributed by atoms with E-state index in [1.165, 1.54) is 41.8 Å². The van der Waals surface area contributed by atoms with Crippen molar-refractivity contribution in [1.29, 1.82) is 0 Å². The number of halogens is 1. The average Bonchev–Trinajstić information content (AvgIpc) is 2.95. The zero-order valence-electron chi connectivity index (χ0n) is 17.6. The molecular weight excluding hydrogens is 426 g/mol. The van der Waals surface area contributed by atoms with Crippen molar-refractivity contribution < 1.29 is 17.9 Å². The zero-order valence-corrected chi connectivity index (χ0v) is 19.2. The van der Waals surface area contributed by atoms with Crippen LogP contribution in [0.5, 0.6) is 0 Å². The molecule has 0 spiro atoms. The minimum atomic E-state index is -3.65. The van der Waals surface area contributed by atoms with E-state index in [9.17, 15) is 13.2 Å². The molecule has 2 aliphatic rings. The van der Waals surface area contributed by atoms with Crippen molar-refractivity contribution in [3.63, 3.8) is 0 Å². The molecule has 0 bridgehead atoms. The number of amides is 1. The highest BCUT2D eigenvalue weighted by atomic mass is 35.5. The van der Waals surface area contributed by atoms with Crippen LogP contribution >= 0.6 is 11.6 Å². The molecule has 2 saturated heterocycles. The summed E-state index contributed by atoms with van der Waals surface area (Å²) in [4.78, 5) is 14.9. The summed E-state index contributed by atoms with van der Waals surface area (Å²) in [6.07, 6.45) is 5.90. The molecule has 1 atom stereocenters. The number of morpholine rings is 1. The van der Waals surface area contributed by atoms with Crippen molar-refractivity contribution in [2.75, 3.05) is 51.3 Å². The minimum Gasteiger partial charge on any atom is -0.379 e. The molecule has 1 aromatic rings. The van der Waals surface area contributed by atoms with Crippen LogP contribution in [0, 0.1) is 5.92 Å². The van der Waals surface area contributed by atoms with E-state index in [2.05, 4.69) is 17.1 Å². The van der Waals surface area contributed by atoms with Gasteiger partial charge in [0.05, 0.1) is 35.4 Å². The van der Waals surface area contributed by atoms with Crippen LogP contribution in [0.3, 0.4) is 0 Å². The number of nitrogens with one attached hydrogen (secondary N) is 1. The van der Waals surface area contributed by atoms with Crippen molar-refractivity contribution in [2.45, 2.75) is 43.9 Å². The lowest BCUT2D eigenvalue weighted by atomic mass is 9.96. The third-order valence-electron chi connectivity index (χ3n) is 5.82. The van der Waals surface area contributed by atoms with Crippen LogP contribution in [0.4, 0.5) is 5.69 Å². The van der Waals surface area contributed by atoms with Crippen molar-refractivity contribution in [1.82, 2.24) is 9.21 Å². The molecule has 2 heterocycles. The van der Waals surface area contributed by atoms with E-state index < -0.39 is 10.0 Å². The fourth-order valence-electron chi connectivity index (χ4n) is 4.17. The Kier molecular flexibility index (Phi) is 8.53. The number of benzene rings is 1. The van der Waals surface area contributed by atoms with Gasteiger partial charge in [-0.15, -0.1) is 0 Å². The first-order chi connectivity index (χ1) is 14.4. The molecule has 1 unspecified atom stereocenters. The van der Waals surface area contributed by atoms with Gasteiger partial charge in [-0.3, -0.25) is 9.69 Å². The maximum absolute atomic E-state index is 12.9. The molecule has 30 heavy (non-hydrogen) atoms. The first-order valence-corrected chi connectivity index (χ1v) is 12.6. The van der Waals surface area contributed by atoms with E-state index in [1.54, 1.807) is 0 Å². The lowest BCUT2D eigenvalue weighted by Gasteiger charge is -2.26. The van der Waals surface area contributed by atoms with Gasteiger partial charge in [-0.25, -0.2) is 8.42 Å². The Morgan fingerprint density at radius 2 is 1.97 bits per heavy atom. The number of hydrogen-bond donors (Lipinski definition) is 1. The van der Waals surface area contributed by atoms with Gasteiger partial charge in [0.1, 0.15) is 0 Å². The van der Waals surface area contributed by atoms with E-state index >= 15 is 0 Å².